The van der Waals surface area contributed by atoms with E-state index < -0.39 is 5.54 Å². The van der Waals surface area contributed by atoms with Crippen LogP contribution in [0.1, 0.15) is 39.5 Å². The van der Waals surface area contributed by atoms with Gasteiger partial charge in [-0.2, -0.15) is 0 Å². The minimum absolute atomic E-state index is 0.244. The second-order valence-corrected chi connectivity index (χ2v) is 6.86. The maximum Gasteiger partial charge on any atom is 0.237 e. The number of nitrogens with zero attached hydrogens (tertiary/aromatic N) is 2. The molecular formula is C16H34N4O. The summed E-state index contributed by atoms with van der Waals surface area (Å²) in [4.78, 5) is 16.4. The van der Waals surface area contributed by atoms with Gasteiger partial charge in [0, 0.05) is 13.1 Å². The van der Waals surface area contributed by atoms with Gasteiger partial charge in [0.1, 0.15) is 0 Å². The van der Waals surface area contributed by atoms with Crippen LogP contribution in [0, 0.1) is 5.92 Å². The molecule has 0 spiro atoms. The van der Waals surface area contributed by atoms with Crippen molar-refractivity contribution in [1.29, 1.82) is 0 Å². The van der Waals surface area contributed by atoms with Crippen molar-refractivity contribution in [2.75, 3.05) is 46.8 Å². The molecule has 2 atom stereocenters. The molecule has 3 N–H and O–H groups in total. The topological polar surface area (TPSA) is 61.6 Å². The first-order valence-electron chi connectivity index (χ1n) is 8.29. The molecule has 0 saturated carbocycles. The summed E-state index contributed by atoms with van der Waals surface area (Å²) >= 11 is 0. The van der Waals surface area contributed by atoms with Gasteiger partial charge in [-0.25, -0.2) is 0 Å². The minimum Gasteiger partial charge on any atom is -0.368 e. The van der Waals surface area contributed by atoms with E-state index in [1.807, 2.05) is 13.8 Å². The predicted molar refractivity (Wildman–Crippen MR) is 88.2 cm³/mol. The van der Waals surface area contributed by atoms with E-state index in [0.29, 0.717) is 0 Å². The zero-order valence-electron chi connectivity index (χ0n) is 14.3. The molecule has 0 aromatic rings. The third-order valence-electron chi connectivity index (χ3n) is 4.64. The average Bonchev–Trinajstić information content (AvgIpc) is 2.80. The number of carbonyl (C=O) groups is 1. The normalized spacial score (nSPS) is 22.6. The van der Waals surface area contributed by atoms with Crippen molar-refractivity contribution in [3.63, 3.8) is 0 Å². The highest BCUT2D eigenvalue weighted by atomic mass is 16.1. The van der Waals surface area contributed by atoms with Crippen molar-refractivity contribution in [3.05, 3.63) is 0 Å². The molecule has 1 saturated heterocycles. The van der Waals surface area contributed by atoms with E-state index in [9.17, 15) is 4.79 Å². The SMILES string of the molecule is CCNC(C)(CCCCN(C)CC1CCN(C)C1)C(N)=O. The average molecular weight is 298 g/mol. The fraction of sp³-hybridized carbons (Fsp3) is 0.938. The number of hydrogen-bond acceptors (Lipinski definition) is 4. The van der Waals surface area contributed by atoms with E-state index in [4.69, 9.17) is 5.73 Å². The molecule has 2 unspecified atom stereocenters. The Hall–Kier alpha value is -0.650. The lowest BCUT2D eigenvalue weighted by atomic mass is 9.94. The Morgan fingerprint density at radius 2 is 2.19 bits per heavy atom. The van der Waals surface area contributed by atoms with Crippen molar-refractivity contribution in [2.24, 2.45) is 11.7 Å². The van der Waals surface area contributed by atoms with Gasteiger partial charge in [-0.15, -0.1) is 0 Å². The lowest BCUT2D eigenvalue weighted by Gasteiger charge is -2.27. The van der Waals surface area contributed by atoms with Gasteiger partial charge >= 0.3 is 0 Å². The van der Waals surface area contributed by atoms with Crippen LogP contribution in [0.4, 0.5) is 0 Å². The largest absolute Gasteiger partial charge is 0.368 e. The standard InChI is InChI=1S/C16H34N4O/c1-5-18-16(2,15(17)21)9-6-7-10-19(3)12-14-8-11-20(4)13-14/h14,18H,5-13H2,1-4H3,(H2,17,21). The summed E-state index contributed by atoms with van der Waals surface area (Å²) in [5.41, 5.74) is 4.95. The highest BCUT2D eigenvalue weighted by Crippen LogP contribution is 2.16. The fourth-order valence-corrected chi connectivity index (χ4v) is 3.26. The van der Waals surface area contributed by atoms with E-state index in [0.717, 1.165) is 38.3 Å². The quantitative estimate of drug-likeness (QED) is 0.588. The summed E-state index contributed by atoms with van der Waals surface area (Å²) in [5, 5.41) is 3.22. The van der Waals surface area contributed by atoms with E-state index in [-0.39, 0.29) is 5.91 Å². The van der Waals surface area contributed by atoms with Crippen LogP contribution in [0.5, 0.6) is 0 Å². The van der Waals surface area contributed by atoms with Gasteiger partial charge in [-0.3, -0.25) is 4.79 Å². The third-order valence-corrected chi connectivity index (χ3v) is 4.64. The van der Waals surface area contributed by atoms with E-state index in [2.05, 4.69) is 29.2 Å². The van der Waals surface area contributed by atoms with Gasteiger partial charge in [-0.05, 0) is 72.3 Å². The number of primary amides is 1. The van der Waals surface area contributed by atoms with Crippen molar-refractivity contribution in [1.82, 2.24) is 15.1 Å². The Balaban J connectivity index is 2.19. The fourth-order valence-electron chi connectivity index (χ4n) is 3.26. The number of likely N-dealkylation sites (tertiary alicyclic amines) is 1. The second kappa shape index (κ2) is 8.71. The molecule has 1 fully saturated rings. The first-order valence-corrected chi connectivity index (χ1v) is 8.29. The molecule has 5 nitrogen and oxygen atoms in total. The highest BCUT2D eigenvalue weighted by molar-refractivity contribution is 5.84. The van der Waals surface area contributed by atoms with Crippen LogP contribution in [0.25, 0.3) is 0 Å². The summed E-state index contributed by atoms with van der Waals surface area (Å²) in [6.45, 7) is 9.44. The van der Waals surface area contributed by atoms with Crippen molar-refractivity contribution in [3.8, 4) is 0 Å². The summed E-state index contributed by atoms with van der Waals surface area (Å²) in [6.07, 6.45) is 4.28. The molecule has 5 heteroatoms. The van der Waals surface area contributed by atoms with Gasteiger partial charge in [0.15, 0.2) is 0 Å². The van der Waals surface area contributed by atoms with Crippen LogP contribution in [0.2, 0.25) is 0 Å². The maximum absolute atomic E-state index is 11.5. The number of carbonyl (C=O) groups excluding carboxylic acids is 1. The first kappa shape index (κ1) is 18.4. The summed E-state index contributed by atoms with van der Waals surface area (Å²) in [5.74, 6) is 0.573. The Morgan fingerprint density at radius 1 is 1.48 bits per heavy atom. The molecular weight excluding hydrogens is 264 g/mol. The Bertz CT molecular complexity index is 323. The van der Waals surface area contributed by atoms with E-state index in [1.54, 1.807) is 0 Å². The molecule has 0 bridgehead atoms. The number of amides is 1. The zero-order chi connectivity index (χ0) is 15.9. The molecule has 0 aromatic carbocycles. The molecule has 1 heterocycles. The molecule has 21 heavy (non-hydrogen) atoms. The summed E-state index contributed by atoms with van der Waals surface area (Å²) in [7, 11) is 4.40. The van der Waals surface area contributed by atoms with Gasteiger partial charge in [0.2, 0.25) is 5.91 Å². The minimum atomic E-state index is -0.554. The number of nitrogens with one attached hydrogen (secondary N) is 1. The molecule has 124 valence electrons. The monoisotopic (exact) mass is 298 g/mol. The molecule has 0 aromatic heterocycles. The summed E-state index contributed by atoms with van der Waals surface area (Å²) in [6, 6.07) is 0. The lowest BCUT2D eigenvalue weighted by Crippen LogP contribution is -2.53. The van der Waals surface area contributed by atoms with E-state index in [1.165, 1.54) is 26.1 Å². The van der Waals surface area contributed by atoms with Gasteiger partial charge in [-0.1, -0.05) is 6.92 Å². The van der Waals surface area contributed by atoms with Crippen molar-refractivity contribution < 1.29 is 4.79 Å². The number of likely N-dealkylation sites (N-methyl/N-ethyl adjacent to an activating group) is 1. The van der Waals surface area contributed by atoms with E-state index >= 15 is 0 Å². The lowest BCUT2D eigenvalue weighted by molar-refractivity contribution is -0.124. The maximum atomic E-state index is 11.5. The van der Waals surface area contributed by atoms with Crippen LogP contribution in [-0.2, 0) is 4.79 Å². The number of rotatable bonds is 10. The van der Waals surface area contributed by atoms with Gasteiger partial charge in [0.05, 0.1) is 5.54 Å². The molecule has 1 amide bonds. The number of unbranched alkanes of at least 4 members (excludes halogenated alkanes) is 1. The van der Waals surface area contributed by atoms with Crippen LogP contribution < -0.4 is 11.1 Å². The molecule has 1 aliphatic heterocycles. The van der Waals surface area contributed by atoms with Crippen LogP contribution in [0.3, 0.4) is 0 Å². The van der Waals surface area contributed by atoms with Gasteiger partial charge in [0.25, 0.3) is 0 Å². The molecule has 1 rings (SSSR count). The third kappa shape index (κ3) is 6.32. The number of hydrogen-bond donors (Lipinski definition) is 2. The summed E-state index contributed by atoms with van der Waals surface area (Å²) < 4.78 is 0. The van der Waals surface area contributed by atoms with Crippen LogP contribution in [0.15, 0.2) is 0 Å². The molecule has 0 radical (unpaired) electrons. The smallest absolute Gasteiger partial charge is 0.237 e. The Kier molecular flexibility index (Phi) is 7.63. The first-order chi connectivity index (χ1) is 9.87. The predicted octanol–water partition coefficient (Wildman–Crippen LogP) is 0.894. The van der Waals surface area contributed by atoms with Gasteiger partial charge < -0.3 is 20.9 Å². The second-order valence-electron chi connectivity index (χ2n) is 6.86. The molecule has 1 aliphatic rings. The molecule has 0 aliphatic carbocycles. The van der Waals surface area contributed by atoms with Crippen molar-refractivity contribution >= 4 is 5.91 Å². The zero-order valence-corrected chi connectivity index (χ0v) is 14.3. The highest BCUT2D eigenvalue weighted by Gasteiger charge is 2.29. The Morgan fingerprint density at radius 3 is 2.71 bits per heavy atom. The Labute approximate surface area is 130 Å². The van der Waals surface area contributed by atoms with Crippen LogP contribution >= 0.6 is 0 Å². The van der Waals surface area contributed by atoms with Crippen molar-refractivity contribution in [2.45, 2.75) is 45.1 Å². The van der Waals surface area contributed by atoms with Crippen LogP contribution in [-0.4, -0.2) is 68.1 Å². The number of nitrogens with two attached hydrogens (primary N) is 1.